The zero-order chi connectivity index (χ0) is 11.0. The lowest BCUT2D eigenvalue weighted by Gasteiger charge is -2.03. The Morgan fingerprint density at radius 2 is 2.20 bits per heavy atom. The molecule has 0 bridgehead atoms. The Balaban J connectivity index is 2.83. The number of Topliss-reactive ketones (excluding diaryl/α,β-unsaturated/α-hetero) is 1. The van der Waals surface area contributed by atoms with E-state index >= 15 is 0 Å². The van der Waals surface area contributed by atoms with Gasteiger partial charge in [-0.1, -0.05) is 17.7 Å². The predicted octanol–water partition coefficient (Wildman–Crippen LogP) is 3.23. The van der Waals surface area contributed by atoms with E-state index in [1.165, 1.54) is 19.1 Å². The minimum absolute atomic E-state index is 0.112. The summed E-state index contributed by atoms with van der Waals surface area (Å²) in [5, 5.41) is 0.424. The van der Waals surface area contributed by atoms with E-state index < -0.39 is 5.82 Å². The van der Waals surface area contributed by atoms with Crippen molar-refractivity contribution in [2.45, 2.75) is 6.92 Å². The van der Waals surface area contributed by atoms with Crippen LogP contribution < -0.4 is 0 Å². The zero-order valence-electron chi connectivity index (χ0n) is 7.92. The molecule has 0 radical (unpaired) electrons. The molecule has 0 saturated carbocycles. The average molecular weight is 224 g/mol. The summed E-state index contributed by atoms with van der Waals surface area (Å²) < 4.78 is 13.4. The van der Waals surface area contributed by atoms with Crippen molar-refractivity contribution in [2.75, 3.05) is 0 Å². The van der Waals surface area contributed by atoms with Crippen molar-refractivity contribution in [3.63, 3.8) is 0 Å². The van der Waals surface area contributed by atoms with Crippen molar-refractivity contribution < 1.29 is 9.18 Å². The van der Waals surface area contributed by atoms with E-state index in [1.807, 2.05) is 0 Å². The highest BCUT2D eigenvalue weighted by Gasteiger charge is 2.10. The molecular formula is C11H7ClFNO. The Morgan fingerprint density at radius 3 is 2.87 bits per heavy atom. The first-order chi connectivity index (χ1) is 7.09. The highest BCUT2D eigenvalue weighted by Crippen LogP contribution is 2.22. The number of pyridine rings is 1. The monoisotopic (exact) mass is 223 g/mol. The molecule has 2 nitrogen and oxygen atoms in total. The van der Waals surface area contributed by atoms with Crippen LogP contribution in [0.25, 0.3) is 10.9 Å². The van der Waals surface area contributed by atoms with Gasteiger partial charge in [-0.05, 0) is 25.1 Å². The highest BCUT2D eigenvalue weighted by molar-refractivity contribution is 6.33. The molecule has 2 rings (SSSR count). The Kier molecular flexibility index (Phi) is 2.40. The number of hydrogen-bond acceptors (Lipinski definition) is 2. The first-order valence-electron chi connectivity index (χ1n) is 4.35. The highest BCUT2D eigenvalue weighted by atomic mass is 35.5. The molecule has 0 aliphatic rings. The molecule has 0 saturated heterocycles. The van der Waals surface area contributed by atoms with Crippen molar-refractivity contribution in [3.05, 3.63) is 40.8 Å². The molecule has 0 atom stereocenters. The molecule has 0 amide bonds. The summed E-state index contributed by atoms with van der Waals surface area (Å²) in [6.45, 7) is 1.37. The molecule has 0 aliphatic heterocycles. The van der Waals surface area contributed by atoms with E-state index in [9.17, 15) is 9.18 Å². The minimum Gasteiger partial charge on any atom is -0.294 e. The maximum Gasteiger partial charge on any atom is 0.162 e. The van der Waals surface area contributed by atoms with Crippen LogP contribution in [-0.4, -0.2) is 10.8 Å². The van der Waals surface area contributed by atoms with Gasteiger partial charge in [0.25, 0.3) is 0 Å². The van der Waals surface area contributed by atoms with Crippen molar-refractivity contribution in [2.24, 2.45) is 0 Å². The number of rotatable bonds is 1. The summed E-state index contributed by atoms with van der Waals surface area (Å²) in [6.07, 6.45) is 0. The lowest BCUT2D eigenvalue weighted by Crippen LogP contribution is -1.97. The molecule has 2 aromatic rings. The maximum atomic E-state index is 13.4. The average Bonchev–Trinajstić information content (AvgIpc) is 2.16. The number of hydrogen-bond donors (Lipinski definition) is 0. The van der Waals surface area contributed by atoms with Crippen LogP contribution in [0.15, 0.2) is 24.3 Å². The molecule has 1 heterocycles. The fourth-order valence-corrected chi connectivity index (χ4v) is 1.66. The first kappa shape index (κ1) is 10.1. The van der Waals surface area contributed by atoms with Gasteiger partial charge in [-0.3, -0.25) is 4.79 Å². The van der Waals surface area contributed by atoms with Crippen molar-refractivity contribution in [1.82, 2.24) is 4.98 Å². The predicted molar refractivity (Wildman–Crippen MR) is 56.7 cm³/mol. The van der Waals surface area contributed by atoms with Gasteiger partial charge in [0.05, 0.1) is 11.1 Å². The quantitative estimate of drug-likeness (QED) is 0.549. The molecule has 0 aliphatic carbocycles. The molecule has 0 N–H and O–H groups in total. The van der Waals surface area contributed by atoms with Gasteiger partial charge in [0, 0.05) is 5.39 Å². The zero-order valence-corrected chi connectivity index (χ0v) is 8.68. The van der Waals surface area contributed by atoms with E-state index in [0.29, 0.717) is 10.9 Å². The van der Waals surface area contributed by atoms with Gasteiger partial charge in [0.1, 0.15) is 11.0 Å². The van der Waals surface area contributed by atoms with Gasteiger partial charge >= 0.3 is 0 Å². The minimum atomic E-state index is -0.404. The smallest absolute Gasteiger partial charge is 0.162 e. The van der Waals surface area contributed by atoms with Crippen molar-refractivity contribution >= 4 is 28.3 Å². The van der Waals surface area contributed by atoms with Gasteiger partial charge in [0.15, 0.2) is 5.78 Å². The maximum absolute atomic E-state index is 13.4. The van der Waals surface area contributed by atoms with Crippen LogP contribution in [0.4, 0.5) is 4.39 Å². The Morgan fingerprint density at radius 1 is 1.47 bits per heavy atom. The molecule has 76 valence electrons. The number of nitrogens with zero attached hydrogens (tertiary/aromatic N) is 1. The molecule has 15 heavy (non-hydrogen) atoms. The molecule has 1 aromatic heterocycles. The summed E-state index contributed by atoms with van der Waals surface area (Å²) >= 11 is 5.80. The van der Waals surface area contributed by atoms with E-state index in [-0.39, 0.29) is 16.5 Å². The number of aromatic nitrogens is 1. The molecule has 1 aromatic carbocycles. The Hall–Kier alpha value is -1.48. The molecule has 0 unspecified atom stereocenters. The summed E-state index contributed by atoms with van der Waals surface area (Å²) in [5.41, 5.74) is 0.694. The number of benzene rings is 1. The fourth-order valence-electron chi connectivity index (χ4n) is 1.38. The third kappa shape index (κ3) is 1.70. The number of fused-ring (bicyclic) bond motifs is 1. The summed E-state index contributed by atoms with van der Waals surface area (Å²) in [7, 11) is 0. The number of carbonyl (C=O) groups excluding carboxylic acids is 1. The third-order valence-electron chi connectivity index (χ3n) is 2.14. The van der Waals surface area contributed by atoms with Crippen LogP contribution in [0.1, 0.15) is 17.3 Å². The van der Waals surface area contributed by atoms with Gasteiger partial charge < -0.3 is 0 Å². The number of ketones is 1. The van der Waals surface area contributed by atoms with Gasteiger partial charge in [0.2, 0.25) is 0 Å². The van der Waals surface area contributed by atoms with Crippen LogP contribution in [0, 0.1) is 5.82 Å². The summed E-state index contributed by atoms with van der Waals surface area (Å²) in [6, 6.07) is 5.95. The summed E-state index contributed by atoms with van der Waals surface area (Å²) in [5.74, 6) is -0.628. The van der Waals surface area contributed by atoms with E-state index in [0.717, 1.165) is 0 Å². The van der Waals surface area contributed by atoms with Crippen LogP contribution >= 0.6 is 11.6 Å². The summed E-state index contributed by atoms with van der Waals surface area (Å²) in [4.78, 5) is 15.1. The van der Waals surface area contributed by atoms with Crippen molar-refractivity contribution in [3.8, 4) is 0 Å². The van der Waals surface area contributed by atoms with E-state index in [1.54, 1.807) is 12.1 Å². The van der Waals surface area contributed by atoms with E-state index in [2.05, 4.69) is 4.98 Å². The lowest BCUT2D eigenvalue weighted by atomic mass is 10.1. The van der Waals surface area contributed by atoms with Gasteiger partial charge in [-0.2, -0.15) is 0 Å². The van der Waals surface area contributed by atoms with Crippen LogP contribution in [-0.2, 0) is 0 Å². The number of carbonyl (C=O) groups is 1. The SMILES string of the molecule is CC(=O)c1cc2c(F)cccc2nc1Cl. The van der Waals surface area contributed by atoms with Gasteiger partial charge in [-0.15, -0.1) is 0 Å². The van der Waals surface area contributed by atoms with Crippen LogP contribution in [0.2, 0.25) is 5.15 Å². The first-order valence-corrected chi connectivity index (χ1v) is 4.73. The fraction of sp³-hybridized carbons (Fsp3) is 0.0909. The van der Waals surface area contributed by atoms with Gasteiger partial charge in [-0.25, -0.2) is 9.37 Å². The standard InChI is InChI=1S/C11H7ClFNO/c1-6(15)7-5-8-9(13)3-2-4-10(8)14-11(7)12/h2-5H,1H3. The molecule has 0 fully saturated rings. The Labute approximate surface area is 90.7 Å². The molecular weight excluding hydrogens is 217 g/mol. The third-order valence-corrected chi connectivity index (χ3v) is 2.43. The largest absolute Gasteiger partial charge is 0.294 e. The molecule has 4 heteroatoms. The van der Waals surface area contributed by atoms with Crippen LogP contribution in [0.5, 0.6) is 0 Å². The Bertz CT molecular complexity index is 554. The lowest BCUT2D eigenvalue weighted by molar-refractivity contribution is 0.101. The second kappa shape index (κ2) is 3.59. The second-order valence-electron chi connectivity index (χ2n) is 3.19. The van der Waals surface area contributed by atoms with E-state index in [4.69, 9.17) is 11.6 Å². The topological polar surface area (TPSA) is 30.0 Å². The van der Waals surface area contributed by atoms with Crippen LogP contribution in [0.3, 0.4) is 0 Å². The van der Waals surface area contributed by atoms with Crippen molar-refractivity contribution in [1.29, 1.82) is 0 Å². The second-order valence-corrected chi connectivity index (χ2v) is 3.55. The normalized spacial score (nSPS) is 10.6. The molecule has 0 spiro atoms. The number of halogens is 2.